The first-order chi connectivity index (χ1) is 17.7. The molecule has 1 aliphatic rings. The number of pyridine rings is 1. The third-order valence-electron chi connectivity index (χ3n) is 6.26. The topological polar surface area (TPSA) is 101 Å². The van der Waals surface area contributed by atoms with Gasteiger partial charge in [0, 0.05) is 40.9 Å². The van der Waals surface area contributed by atoms with Gasteiger partial charge in [-0.1, -0.05) is 6.07 Å². The van der Waals surface area contributed by atoms with Gasteiger partial charge in [-0.15, -0.1) is 11.3 Å². The molecule has 1 saturated heterocycles. The minimum Gasteiger partial charge on any atom is -0.494 e. The molecule has 2 atom stereocenters. The van der Waals surface area contributed by atoms with Crippen LogP contribution in [-0.4, -0.2) is 41.4 Å². The van der Waals surface area contributed by atoms with E-state index in [-0.39, 0.29) is 12.1 Å². The van der Waals surface area contributed by atoms with Gasteiger partial charge in [-0.25, -0.2) is 13.4 Å². The summed E-state index contributed by atoms with van der Waals surface area (Å²) in [6.07, 6.45) is 4.67. The predicted octanol–water partition coefficient (Wildman–Crippen LogP) is 4.50. The first-order valence-electron chi connectivity index (χ1n) is 11.4. The van der Waals surface area contributed by atoms with Gasteiger partial charge in [-0.05, 0) is 62.0 Å². The molecule has 192 valence electrons. The third kappa shape index (κ3) is 4.79. The van der Waals surface area contributed by atoms with Crippen molar-refractivity contribution in [3.8, 4) is 10.9 Å². The van der Waals surface area contributed by atoms with Crippen LogP contribution in [0.3, 0.4) is 0 Å². The van der Waals surface area contributed by atoms with Crippen LogP contribution in [0.15, 0.2) is 60.2 Å². The van der Waals surface area contributed by atoms with Crippen LogP contribution in [0, 0.1) is 13.8 Å². The van der Waals surface area contributed by atoms with Crippen LogP contribution in [0.25, 0.3) is 5.13 Å². The SMILES string of the molecule is COc1cc(N2C(=S)NC(c3ccccn3)C2c2cc(C)n(-c3nccs3)c2C)ccc1NS(C)(=O)=O. The Bertz CT molecular complexity index is 1550. The van der Waals surface area contributed by atoms with Crippen molar-refractivity contribution >= 4 is 50.1 Å². The Labute approximate surface area is 225 Å². The van der Waals surface area contributed by atoms with Gasteiger partial charge in [0.1, 0.15) is 5.75 Å². The second kappa shape index (κ2) is 9.77. The molecular formula is C25H26N6O3S3. The van der Waals surface area contributed by atoms with Gasteiger partial charge >= 0.3 is 0 Å². The Morgan fingerprint density at radius 2 is 1.95 bits per heavy atom. The zero-order chi connectivity index (χ0) is 26.3. The maximum atomic E-state index is 11.8. The number of thiazole rings is 1. The first-order valence-corrected chi connectivity index (χ1v) is 14.6. The van der Waals surface area contributed by atoms with E-state index in [1.165, 1.54) is 7.11 Å². The van der Waals surface area contributed by atoms with Crippen LogP contribution in [-0.2, 0) is 10.0 Å². The molecule has 2 N–H and O–H groups in total. The minimum atomic E-state index is -3.48. The summed E-state index contributed by atoms with van der Waals surface area (Å²) >= 11 is 7.43. The summed E-state index contributed by atoms with van der Waals surface area (Å²) in [7, 11) is -1.97. The Hall–Kier alpha value is -3.48. The highest BCUT2D eigenvalue weighted by atomic mass is 32.2. The van der Waals surface area contributed by atoms with Crippen molar-refractivity contribution in [2.75, 3.05) is 23.0 Å². The van der Waals surface area contributed by atoms with E-state index in [4.69, 9.17) is 17.0 Å². The van der Waals surface area contributed by atoms with Crippen molar-refractivity contribution < 1.29 is 13.2 Å². The molecule has 1 aromatic carbocycles. The van der Waals surface area contributed by atoms with E-state index < -0.39 is 10.0 Å². The van der Waals surface area contributed by atoms with Gasteiger partial charge in [-0.3, -0.25) is 14.3 Å². The molecule has 4 aromatic rings. The molecular weight excluding hydrogens is 529 g/mol. The van der Waals surface area contributed by atoms with E-state index in [0.717, 1.165) is 39.7 Å². The van der Waals surface area contributed by atoms with E-state index in [0.29, 0.717) is 16.5 Å². The second-order valence-corrected chi connectivity index (χ2v) is 11.7. The molecule has 0 spiro atoms. The molecule has 12 heteroatoms. The molecule has 3 aromatic heterocycles. The number of hydrogen-bond donors (Lipinski definition) is 2. The third-order valence-corrected chi connectivity index (χ3v) is 7.92. The molecule has 37 heavy (non-hydrogen) atoms. The maximum Gasteiger partial charge on any atom is 0.229 e. The summed E-state index contributed by atoms with van der Waals surface area (Å²) < 4.78 is 33.9. The monoisotopic (exact) mass is 554 g/mol. The minimum absolute atomic E-state index is 0.223. The van der Waals surface area contributed by atoms with Gasteiger partial charge in [0.05, 0.1) is 36.8 Å². The first kappa shape index (κ1) is 25.2. The highest BCUT2D eigenvalue weighted by molar-refractivity contribution is 7.92. The standard InChI is InChI=1S/C25H26N6O3S3/c1-15-13-18(16(2)30(15)25-27-11-12-36-25)23-22(20-7-5-6-10-26-20)28-24(35)31(23)17-8-9-19(21(14-17)34-3)29-37(4,32)33/h5-14,22-23,29H,1-4H3,(H,28,35). The normalized spacial score (nSPS) is 17.6. The smallest absolute Gasteiger partial charge is 0.229 e. The Morgan fingerprint density at radius 3 is 2.59 bits per heavy atom. The number of hydrogen-bond acceptors (Lipinski definition) is 7. The summed E-state index contributed by atoms with van der Waals surface area (Å²) in [5.41, 5.74) is 5.16. The highest BCUT2D eigenvalue weighted by Gasteiger charge is 2.42. The summed E-state index contributed by atoms with van der Waals surface area (Å²) in [6, 6.07) is 12.8. The molecule has 1 fully saturated rings. The number of nitrogens with one attached hydrogen (secondary N) is 2. The molecule has 0 aliphatic carbocycles. The molecule has 0 saturated carbocycles. The Balaban J connectivity index is 1.66. The zero-order valence-electron chi connectivity index (χ0n) is 20.7. The van der Waals surface area contributed by atoms with Gasteiger partial charge in [0.15, 0.2) is 10.2 Å². The lowest BCUT2D eigenvalue weighted by Gasteiger charge is -2.28. The quantitative estimate of drug-likeness (QED) is 0.322. The van der Waals surface area contributed by atoms with Crippen LogP contribution in [0.2, 0.25) is 0 Å². The number of methoxy groups -OCH3 is 1. The molecule has 1 aliphatic heterocycles. The van der Waals surface area contributed by atoms with Crippen LogP contribution < -0.4 is 19.7 Å². The van der Waals surface area contributed by atoms with Crippen molar-refractivity contribution in [1.29, 1.82) is 0 Å². The number of aryl methyl sites for hydroxylation is 1. The molecule has 5 rings (SSSR count). The lowest BCUT2D eigenvalue weighted by atomic mass is 9.96. The average Bonchev–Trinajstić information content (AvgIpc) is 3.57. The van der Waals surface area contributed by atoms with Crippen molar-refractivity contribution in [2.24, 2.45) is 0 Å². The summed E-state index contributed by atoms with van der Waals surface area (Å²) in [4.78, 5) is 11.2. The summed E-state index contributed by atoms with van der Waals surface area (Å²) in [6.45, 7) is 4.14. The maximum absolute atomic E-state index is 11.8. The lowest BCUT2D eigenvalue weighted by molar-refractivity contribution is 0.417. The number of aromatic nitrogens is 3. The second-order valence-electron chi connectivity index (χ2n) is 8.73. The Kier molecular flexibility index (Phi) is 6.65. The number of nitrogens with zero attached hydrogens (tertiary/aromatic N) is 4. The van der Waals surface area contributed by atoms with Gasteiger partial charge < -0.3 is 15.0 Å². The molecule has 4 heterocycles. The highest BCUT2D eigenvalue weighted by Crippen LogP contribution is 2.45. The van der Waals surface area contributed by atoms with Gasteiger partial charge in [0.2, 0.25) is 10.0 Å². The predicted molar refractivity (Wildman–Crippen MR) is 150 cm³/mol. The van der Waals surface area contributed by atoms with Crippen molar-refractivity contribution in [3.05, 3.63) is 82.9 Å². The lowest BCUT2D eigenvalue weighted by Crippen LogP contribution is -2.29. The molecule has 2 unspecified atom stereocenters. The molecule has 0 amide bonds. The van der Waals surface area contributed by atoms with E-state index in [1.54, 1.807) is 35.9 Å². The van der Waals surface area contributed by atoms with E-state index in [9.17, 15) is 8.42 Å². The van der Waals surface area contributed by atoms with Crippen molar-refractivity contribution in [3.63, 3.8) is 0 Å². The van der Waals surface area contributed by atoms with E-state index >= 15 is 0 Å². The van der Waals surface area contributed by atoms with E-state index in [1.807, 2.05) is 34.5 Å². The van der Waals surface area contributed by atoms with Crippen LogP contribution in [0.4, 0.5) is 11.4 Å². The van der Waals surface area contributed by atoms with Crippen molar-refractivity contribution in [2.45, 2.75) is 25.9 Å². The van der Waals surface area contributed by atoms with E-state index in [2.05, 4.69) is 44.5 Å². The van der Waals surface area contributed by atoms with Crippen molar-refractivity contribution in [1.82, 2.24) is 19.9 Å². The number of thiocarbonyl (C=S) groups is 1. The Morgan fingerprint density at radius 1 is 1.14 bits per heavy atom. The van der Waals surface area contributed by atoms with Gasteiger partial charge in [-0.2, -0.15) is 0 Å². The molecule has 0 bridgehead atoms. The number of anilines is 2. The van der Waals surface area contributed by atoms with Crippen LogP contribution in [0.1, 0.15) is 34.7 Å². The van der Waals surface area contributed by atoms with Gasteiger partial charge in [0.25, 0.3) is 0 Å². The fourth-order valence-electron chi connectivity index (χ4n) is 4.77. The summed E-state index contributed by atoms with van der Waals surface area (Å²) in [5, 5.41) is 6.86. The van der Waals surface area contributed by atoms with Crippen LogP contribution >= 0.6 is 23.6 Å². The fourth-order valence-corrected chi connectivity index (χ4v) is 6.44. The average molecular weight is 555 g/mol. The fraction of sp³-hybridized carbons (Fsp3) is 0.240. The number of benzene rings is 1. The number of ether oxygens (including phenoxy) is 1. The molecule has 9 nitrogen and oxygen atoms in total. The zero-order valence-corrected chi connectivity index (χ0v) is 23.1. The summed E-state index contributed by atoms with van der Waals surface area (Å²) in [5.74, 6) is 0.388. The molecule has 0 radical (unpaired) electrons. The number of sulfonamides is 1. The van der Waals surface area contributed by atoms with Crippen LogP contribution in [0.5, 0.6) is 5.75 Å². The number of rotatable bonds is 7. The largest absolute Gasteiger partial charge is 0.494 e.